The van der Waals surface area contributed by atoms with Crippen molar-refractivity contribution in [3.63, 3.8) is 0 Å². The van der Waals surface area contributed by atoms with Gasteiger partial charge in [0.05, 0.1) is 7.11 Å². The molecule has 0 aliphatic heterocycles. The second-order valence-electron chi connectivity index (χ2n) is 5.29. The van der Waals surface area contributed by atoms with Crippen molar-refractivity contribution in [2.75, 3.05) is 18.2 Å². The molecule has 1 heterocycles. The van der Waals surface area contributed by atoms with E-state index in [0.29, 0.717) is 28.7 Å². The fraction of sp³-hybridized carbons (Fsp3) is 0.118. The Hall–Kier alpha value is -3.35. The van der Waals surface area contributed by atoms with Gasteiger partial charge in [-0.25, -0.2) is 0 Å². The first-order valence-corrected chi connectivity index (χ1v) is 7.35. The molecule has 7 nitrogen and oxygen atoms in total. The first-order valence-electron chi connectivity index (χ1n) is 7.35. The van der Waals surface area contributed by atoms with Gasteiger partial charge in [0.2, 0.25) is 5.95 Å². The van der Waals surface area contributed by atoms with Crippen molar-refractivity contribution < 1.29 is 4.74 Å². The average Bonchev–Trinajstić information content (AvgIpc) is 3.05. The molecule has 0 saturated carbocycles. The predicted octanol–water partition coefficient (Wildman–Crippen LogP) is 3.19. The maximum Gasteiger partial charge on any atom is 0.246 e. The van der Waals surface area contributed by atoms with Gasteiger partial charge < -0.3 is 21.2 Å². The molecule has 0 unspecified atom stereocenters. The molecule has 0 atom stereocenters. The number of hydrogen-bond donors (Lipinski definition) is 4. The summed E-state index contributed by atoms with van der Waals surface area (Å²) < 4.78 is 5.14. The molecule has 0 amide bonds. The second-order valence-corrected chi connectivity index (χ2v) is 5.29. The summed E-state index contributed by atoms with van der Waals surface area (Å²) in [5, 5.41) is 17.9. The molecule has 0 saturated heterocycles. The predicted molar refractivity (Wildman–Crippen MR) is 95.0 cm³/mol. The molecule has 0 radical (unpaired) electrons. The Morgan fingerprint density at radius 3 is 2.62 bits per heavy atom. The molecule has 7 heteroatoms. The van der Waals surface area contributed by atoms with Gasteiger partial charge in [-0.3, -0.25) is 5.10 Å². The van der Waals surface area contributed by atoms with Crippen molar-refractivity contribution >= 4 is 23.0 Å². The van der Waals surface area contributed by atoms with E-state index in [1.165, 1.54) is 0 Å². The molecule has 1 aromatic heterocycles. The summed E-state index contributed by atoms with van der Waals surface area (Å²) in [6.45, 7) is 1.70. The second kappa shape index (κ2) is 6.41. The van der Waals surface area contributed by atoms with Crippen LogP contribution in [0.15, 0.2) is 42.5 Å². The van der Waals surface area contributed by atoms with Gasteiger partial charge >= 0.3 is 0 Å². The normalized spacial score (nSPS) is 10.4. The number of aromatic nitrogens is 3. The van der Waals surface area contributed by atoms with Crippen LogP contribution >= 0.6 is 0 Å². The van der Waals surface area contributed by atoms with Crippen LogP contribution in [0.5, 0.6) is 5.75 Å². The Morgan fingerprint density at radius 2 is 1.96 bits per heavy atom. The Bertz CT molecular complexity index is 869. The third-order valence-corrected chi connectivity index (χ3v) is 3.56. The maximum absolute atomic E-state index is 7.75. The molecule has 0 spiro atoms. The van der Waals surface area contributed by atoms with Crippen LogP contribution in [0.1, 0.15) is 12.5 Å². The number of nitrogen functional groups attached to an aromatic ring is 1. The van der Waals surface area contributed by atoms with Gasteiger partial charge in [0.25, 0.3) is 0 Å². The van der Waals surface area contributed by atoms with Gasteiger partial charge in [-0.05, 0) is 49.4 Å². The van der Waals surface area contributed by atoms with E-state index in [9.17, 15) is 0 Å². The maximum atomic E-state index is 7.75. The lowest BCUT2D eigenvalue weighted by atomic mass is 10.1. The highest BCUT2D eigenvalue weighted by molar-refractivity contribution is 6.01. The third kappa shape index (κ3) is 3.19. The molecule has 2 aromatic carbocycles. The van der Waals surface area contributed by atoms with E-state index in [1.54, 1.807) is 26.2 Å². The van der Waals surface area contributed by atoms with Crippen LogP contribution in [0.25, 0.3) is 11.4 Å². The van der Waals surface area contributed by atoms with Gasteiger partial charge in [-0.15, -0.1) is 5.10 Å². The number of H-pyrrole nitrogens is 1. The first kappa shape index (κ1) is 15.5. The Labute approximate surface area is 139 Å². The number of hydrogen-bond acceptors (Lipinski definition) is 6. The average molecular weight is 322 g/mol. The largest absolute Gasteiger partial charge is 0.497 e. The van der Waals surface area contributed by atoms with Crippen molar-refractivity contribution in [3.05, 3.63) is 48.0 Å². The molecule has 0 fully saturated rings. The molecule has 0 aliphatic carbocycles. The van der Waals surface area contributed by atoms with Crippen LogP contribution in [0.2, 0.25) is 0 Å². The van der Waals surface area contributed by atoms with Crippen LogP contribution in [0.3, 0.4) is 0 Å². The SMILES string of the molecule is COc1ccc(-c2nc(Nc3ccc(N)c(C(C)=N)c3)n[nH]2)cc1. The topological polar surface area (TPSA) is 113 Å². The lowest BCUT2D eigenvalue weighted by Gasteiger charge is -2.07. The molecule has 0 aliphatic rings. The van der Waals surface area contributed by atoms with E-state index in [-0.39, 0.29) is 0 Å². The van der Waals surface area contributed by atoms with Crippen molar-refractivity contribution in [3.8, 4) is 17.1 Å². The Morgan fingerprint density at radius 1 is 1.21 bits per heavy atom. The molecule has 5 N–H and O–H groups in total. The molecular weight excluding hydrogens is 304 g/mol. The summed E-state index contributed by atoms with van der Waals surface area (Å²) in [6.07, 6.45) is 0. The van der Waals surface area contributed by atoms with Crippen molar-refractivity contribution in [2.24, 2.45) is 0 Å². The van der Waals surface area contributed by atoms with Crippen LogP contribution in [0, 0.1) is 5.41 Å². The van der Waals surface area contributed by atoms with E-state index in [2.05, 4.69) is 20.5 Å². The smallest absolute Gasteiger partial charge is 0.246 e. The Balaban J connectivity index is 1.81. The summed E-state index contributed by atoms with van der Waals surface area (Å²) in [4.78, 5) is 4.42. The van der Waals surface area contributed by atoms with Crippen LogP contribution in [-0.2, 0) is 0 Å². The Kier molecular flexibility index (Phi) is 4.15. The molecule has 3 rings (SSSR count). The standard InChI is InChI=1S/C17H18N6O/c1-10(18)14-9-12(5-8-15(14)19)20-17-21-16(22-23-17)11-3-6-13(24-2)7-4-11/h3-9,18H,19H2,1-2H3,(H2,20,21,22,23). The third-order valence-electron chi connectivity index (χ3n) is 3.56. The summed E-state index contributed by atoms with van der Waals surface area (Å²) >= 11 is 0. The van der Waals surface area contributed by atoms with Crippen molar-refractivity contribution in [1.82, 2.24) is 15.2 Å². The number of aromatic amines is 1. The lowest BCUT2D eigenvalue weighted by molar-refractivity contribution is 0.415. The fourth-order valence-corrected chi connectivity index (χ4v) is 2.28. The molecule has 3 aromatic rings. The number of benzene rings is 2. The molecule has 0 bridgehead atoms. The summed E-state index contributed by atoms with van der Waals surface area (Å²) in [5.74, 6) is 1.88. The van der Waals surface area contributed by atoms with E-state index < -0.39 is 0 Å². The highest BCUT2D eigenvalue weighted by atomic mass is 16.5. The minimum absolute atomic E-state index is 0.407. The van der Waals surface area contributed by atoms with Crippen molar-refractivity contribution in [1.29, 1.82) is 5.41 Å². The number of ether oxygens (including phenoxy) is 1. The molecular formula is C17H18N6O. The number of nitrogens with one attached hydrogen (secondary N) is 3. The van der Waals surface area contributed by atoms with Crippen LogP contribution < -0.4 is 15.8 Å². The monoisotopic (exact) mass is 322 g/mol. The van der Waals surface area contributed by atoms with Gasteiger partial charge in [-0.2, -0.15) is 4.98 Å². The fourth-order valence-electron chi connectivity index (χ4n) is 2.28. The van der Waals surface area contributed by atoms with E-state index in [4.69, 9.17) is 15.9 Å². The van der Waals surface area contributed by atoms with Crippen molar-refractivity contribution in [2.45, 2.75) is 6.92 Å². The van der Waals surface area contributed by atoms with Crippen LogP contribution in [-0.4, -0.2) is 28.0 Å². The van der Waals surface area contributed by atoms with E-state index in [1.807, 2.05) is 30.3 Å². The van der Waals surface area contributed by atoms with Gasteiger partial charge in [0.15, 0.2) is 5.82 Å². The summed E-state index contributed by atoms with van der Waals surface area (Å²) in [7, 11) is 1.63. The number of nitrogens with two attached hydrogens (primary N) is 1. The van der Waals surface area contributed by atoms with Gasteiger partial charge in [0.1, 0.15) is 5.75 Å². The van der Waals surface area contributed by atoms with E-state index >= 15 is 0 Å². The zero-order valence-corrected chi connectivity index (χ0v) is 13.4. The zero-order valence-electron chi connectivity index (χ0n) is 13.4. The molecule has 122 valence electrons. The number of anilines is 3. The highest BCUT2D eigenvalue weighted by Gasteiger charge is 2.08. The first-order chi connectivity index (χ1) is 11.6. The van der Waals surface area contributed by atoms with E-state index in [0.717, 1.165) is 17.0 Å². The highest BCUT2D eigenvalue weighted by Crippen LogP contribution is 2.23. The van der Waals surface area contributed by atoms with Gasteiger partial charge in [0, 0.05) is 28.2 Å². The minimum Gasteiger partial charge on any atom is -0.497 e. The number of nitrogens with zero attached hydrogens (tertiary/aromatic N) is 2. The lowest BCUT2D eigenvalue weighted by Crippen LogP contribution is -2.01. The zero-order chi connectivity index (χ0) is 17.1. The number of methoxy groups -OCH3 is 1. The van der Waals surface area contributed by atoms with Gasteiger partial charge in [-0.1, -0.05) is 0 Å². The minimum atomic E-state index is 0.407. The number of rotatable bonds is 5. The molecule has 24 heavy (non-hydrogen) atoms. The quantitative estimate of drug-likeness (QED) is 0.425. The summed E-state index contributed by atoms with van der Waals surface area (Å²) in [6, 6.07) is 12.9. The summed E-state index contributed by atoms with van der Waals surface area (Å²) in [5.41, 5.74) is 9.21. The van der Waals surface area contributed by atoms with Crippen LogP contribution in [0.4, 0.5) is 17.3 Å².